The van der Waals surface area contributed by atoms with Crippen LogP contribution in [0.1, 0.15) is 10.5 Å². The summed E-state index contributed by atoms with van der Waals surface area (Å²) < 4.78 is 18.5. The van der Waals surface area contributed by atoms with Crippen molar-refractivity contribution in [1.29, 1.82) is 0 Å². The number of nitrogens with zero attached hydrogens (tertiary/aromatic N) is 2. The van der Waals surface area contributed by atoms with E-state index in [1.54, 1.807) is 24.2 Å². The van der Waals surface area contributed by atoms with Gasteiger partial charge in [0, 0.05) is 5.69 Å². The molecule has 7 nitrogen and oxygen atoms in total. The Labute approximate surface area is 221 Å². The van der Waals surface area contributed by atoms with Gasteiger partial charge in [-0.2, -0.15) is 0 Å². The van der Waals surface area contributed by atoms with Crippen LogP contribution in [0.2, 0.25) is 0 Å². The maximum Gasteiger partial charge on any atom is 0.270 e. The zero-order chi connectivity index (χ0) is 26.2. The average molecular weight is 506 g/mol. The highest BCUT2D eigenvalue weighted by Crippen LogP contribution is 2.27. The molecule has 38 heavy (non-hydrogen) atoms. The molecule has 1 amide bonds. The number of rotatable bonds is 10. The van der Waals surface area contributed by atoms with Crippen molar-refractivity contribution >= 4 is 5.91 Å². The van der Waals surface area contributed by atoms with Crippen molar-refractivity contribution in [1.82, 2.24) is 14.9 Å². The number of ether oxygens (including phenoxy) is 3. The van der Waals surface area contributed by atoms with Crippen LogP contribution >= 0.6 is 0 Å². The van der Waals surface area contributed by atoms with E-state index >= 15 is 0 Å². The van der Waals surface area contributed by atoms with Crippen LogP contribution in [-0.2, 0) is 0 Å². The fourth-order valence-corrected chi connectivity index (χ4v) is 3.94. The third kappa shape index (κ3) is 6.02. The highest BCUT2D eigenvalue weighted by atomic mass is 16.5. The molecular formula is C31H27N3O4. The number of amides is 1. The van der Waals surface area contributed by atoms with Crippen molar-refractivity contribution in [3.8, 4) is 39.8 Å². The third-order valence-corrected chi connectivity index (χ3v) is 5.88. The van der Waals surface area contributed by atoms with E-state index in [4.69, 9.17) is 14.2 Å². The Morgan fingerprint density at radius 3 is 2.26 bits per heavy atom. The highest BCUT2D eigenvalue weighted by Gasteiger charge is 2.13. The second kappa shape index (κ2) is 11.8. The molecule has 4 aromatic carbocycles. The molecule has 0 aliphatic carbocycles. The zero-order valence-corrected chi connectivity index (χ0v) is 20.9. The average Bonchev–Trinajstić information content (AvgIpc) is 3.47. The summed E-state index contributed by atoms with van der Waals surface area (Å²) in [6, 6.07) is 32.9. The minimum absolute atomic E-state index is 0.228. The number of carbonyl (C=O) groups excluding carboxylic acids is 1. The molecule has 0 saturated carbocycles. The topological polar surface area (TPSA) is 74.6 Å². The van der Waals surface area contributed by atoms with E-state index in [0.29, 0.717) is 24.6 Å². The SMILES string of the molecule is COc1ccc(OCCNC(=O)c2cncn2-c2cccc(-c3ccc(Oc4ccccc4)cc3)c2)cc1. The Hall–Kier alpha value is -5.04. The van der Waals surface area contributed by atoms with Gasteiger partial charge in [0.15, 0.2) is 0 Å². The summed E-state index contributed by atoms with van der Waals surface area (Å²) in [5, 5.41) is 2.90. The van der Waals surface area contributed by atoms with Gasteiger partial charge in [0.1, 0.15) is 35.3 Å². The number of aromatic nitrogens is 2. The standard InChI is InChI=1S/C31H27N3O4/c1-36-26-14-16-27(17-15-26)37-19-18-33-31(35)30-21-32-22-34(30)25-7-5-6-24(20-25)23-10-12-29(13-11-23)38-28-8-3-2-4-9-28/h2-17,20-22H,18-19H2,1H3,(H,33,35). The number of benzene rings is 4. The van der Waals surface area contributed by atoms with Crippen LogP contribution < -0.4 is 19.5 Å². The fourth-order valence-electron chi connectivity index (χ4n) is 3.94. The van der Waals surface area contributed by atoms with E-state index in [1.165, 1.54) is 0 Å². The number of hydrogen-bond acceptors (Lipinski definition) is 5. The quantitative estimate of drug-likeness (QED) is 0.231. The van der Waals surface area contributed by atoms with Crippen molar-refractivity contribution in [3.05, 3.63) is 121 Å². The summed E-state index contributed by atoms with van der Waals surface area (Å²) in [6.45, 7) is 0.694. The molecule has 0 saturated heterocycles. The molecule has 1 heterocycles. The number of nitrogens with one attached hydrogen (secondary N) is 1. The number of methoxy groups -OCH3 is 1. The first-order valence-corrected chi connectivity index (χ1v) is 12.2. The minimum Gasteiger partial charge on any atom is -0.497 e. The molecule has 0 aliphatic heterocycles. The van der Waals surface area contributed by atoms with E-state index in [9.17, 15) is 4.79 Å². The van der Waals surface area contributed by atoms with E-state index in [1.807, 2.05) is 103 Å². The Morgan fingerprint density at radius 2 is 1.50 bits per heavy atom. The first-order chi connectivity index (χ1) is 18.7. The largest absolute Gasteiger partial charge is 0.497 e. The predicted molar refractivity (Wildman–Crippen MR) is 146 cm³/mol. The van der Waals surface area contributed by atoms with Crippen LogP contribution in [0.3, 0.4) is 0 Å². The van der Waals surface area contributed by atoms with Crippen LogP contribution in [0.25, 0.3) is 16.8 Å². The van der Waals surface area contributed by atoms with Gasteiger partial charge in [-0.15, -0.1) is 0 Å². The number of hydrogen-bond donors (Lipinski definition) is 1. The molecule has 0 radical (unpaired) electrons. The molecule has 1 aromatic heterocycles. The molecule has 7 heteroatoms. The van der Waals surface area contributed by atoms with Crippen LogP contribution in [0.5, 0.6) is 23.0 Å². The van der Waals surface area contributed by atoms with Crippen molar-refractivity contribution in [2.24, 2.45) is 0 Å². The molecule has 190 valence electrons. The minimum atomic E-state index is -0.228. The lowest BCUT2D eigenvalue weighted by Crippen LogP contribution is -2.29. The van der Waals surface area contributed by atoms with E-state index in [2.05, 4.69) is 10.3 Å². The van der Waals surface area contributed by atoms with Gasteiger partial charge in [0.2, 0.25) is 0 Å². The number of para-hydroxylation sites is 1. The van der Waals surface area contributed by atoms with E-state index in [-0.39, 0.29) is 5.91 Å². The van der Waals surface area contributed by atoms with Crippen molar-refractivity contribution in [2.75, 3.05) is 20.3 Å². The Bertz CT molecular complexity index is 1480. The van der Waals surface area contributed by atoms with Crippen molar-refractivity contribution in [3.63, 3.8) is 0 Å². The van der Waals surface area contributed by atoms with Crippen molar-refractivity contribution < 1.29 is 19.0 Å². The lowest BCUT2D eigenvalue weighted by atomic mass is 10.0. The van der Waals surface area contributed by atoms with E-state index < -0.39 is 0 Å². The number of carbonyl (C=O) groups is 1. The van der Waals surface area contributed by atoms with Crippen molar-refractivity contribution in [2.45, 2.75) is 0 Å². The van der Waals surface area contributed by atoms with Crippen LogP contribution in [-0.4, -0.2) is 35.7 Å². The molecule has 1 N–H and O–H groups in total. The van der Waals surface area contributed by atoms with Gasteiger partial charge in [-0.05, 0) is 71.8 Å². The van der Waals surface area contributed by atoms with Gasteiger partial charge in [0.05, 0.1) is 26.2 Å². The van der Waals surface area contributed by atoms with Gasteiger partial charge in [0.25, 0.3) is 5.91 Å². The second-order valence-corrected chi connectivity index (χ2v) is 8.42. The maximum absolute atomic E-state index is 12.9. The predicted octanol–water partition coefficient (Wildman–Crippen LogP) is 6.15. The molecule has 0 atom stereocenters. The summed E-state index contributed by atoms with van der Waals surface area (Å²) in [4.78, 5) is 17.1. The van der Waals surface area contributed by atoms with Crippen LogP contribution in [0.4, 0.5) is 0 Å². The molecule has 0 aliphatic rings. The summed E-state index contributed by atoms with van der Waals surface area (Å²) in [5.74, 6) is 2.80. The fraction of sp³-hybridized carbons (Fsp3) is 0.0968. The van der Waals surface area contributed by atoms with Gasteiger partial charge in [-0.3, -0.25) is 9.36 Å². The lowest BCUT2D eigenvalue weighted by molar-refractivity contribution is 0.0940. The summed E-state index contributed by atoms with van der Waals surface area (Å²) in [7, 11) is 1.62. The van der Waals surface area contributed by atoms with Gasteiger partial charge in [-0.1, -0.05) is 42.5 Å². The van der Waals surface area contributed by atoms with E-state index in [0.717, 1.165) is 34.1 Å². The van der Waals surface area contributed by atoms with Gasteiger partial charge < -0.3 is 19.5 Å². The normalized spacial score (nSPS) is 10.6. The molecule has 0 unspecified atom stereocenters. The lowest BCUT2D eigenvalue weighted by Gasteiger charge is -2.12. The molecular weight excluding hydrogens is 478 g/mol. The first kappa shape index (κ1) is 24.6. The van der Waals surface area contributed by atoms with Gasteiger partial charge in [-0.25, -0.2) is 4.98 Å². The number of imidazole rings is 1. The Morgan fingerprint density at radius 1 is 0.789 bits per heavy atom. The molecule has 0 bridgehead atoms. The summed E-state index contributed by atoms with van der Waals surface area (Å²) in [5.41, 5.74) is 3.33. The molecule has 5 rings (SSSR count). The van der Waals surface area contributed by atoms with Crippen LogP contribution in [0, 0.1) is 0 Å². The summed E-state index contributed by atoms with van der Waals surface area (Å²) in [6.07, 6.45) is 3.20. The zero-order valence-electron chi connectivity index (χ0n) is 20.9. The smallest absolute Gasteiger partial charge is 0.270 e. The molecule has 5 aromatic rings. The van der Waals surface area contributed by atoms with Gasteiger partial charge >= 0.3 is 0 Å². The monoisotopic (exact) mass is 505 g/mol. The summed E-state index contributed by atoms with van der Waals surface area (Å²) >= 11 is 0. The highest BCUT2D eigenvalue weighted by molar-refractivity contribution is 5.93. The Kier molecular flexibility index (Phi) is 7.65. The molecule has 0 spiro atoms. The van der Waals surface area contributed by atoms with Crippen LogP contribution in [0.15, 0.2) is 116 Å². The Balaban J connectivity index is 1.22. The second-order valence-electron chi connectivity index (χ2n) is 8.42. The third-order valence-electron chi connectivity index (χ3n) is 5.88. The first-order valence-electron chi connectivity index (χ1n) is 12.2. The maximum atomic E-state index is 12.9. The molecule has 0 fully saturated rings.